The average molecular weight is 259 g/mol. The van der Waals surface area contributed by atoms with Crippen LogP contribution in [0.5, 0.6) is 0 Å². The molecule has 2 rings (SSSR count). The Bertz CT molecular complexity index is 547. The highest BCUT2D eigenvalue weighted by atomic mass is 15.2. The van der Waals surface area contributed by atoms with E-state index < -0.39 is 0 Å². The highest BCUT2D eigenvalue weighted by Gasteiger charge is 2.13. The summed E-state index contributed by atoms with van der Waals surface area (Å²) in [6, 6.07) is 2.06. The van der Waals surface area contributed by atoms with Crippen LogP contribution in [0.25, 0.3) is 0 Å². The van der Waals surface area contributed by atoms with Crippen LogP contribution >= 0.6 is 0 Å². The summed E-state index contributed by atoms with van der Waals surface area (Å²) >= 11 is 0. The van der Waals surface area contributed by atoms with E-state index in [0.29, 0.717) is 0 Å². The molecule has 2 N–H and O–H groups in total. The number of rotatable bonds is 5. The molecule has 5 heteroatoms. The van der Waals surface area contributed by atoms with Crippen molar-refractivity contribution in [2.45, 2.75) is 39.2 Å². The van der Waals surface area contributed by atoms with Gasteiger partial charge in [-0.25, -0.2) is 0 Å². The maximum absolute atomic E-state index is 6.30. The SMILES string of the molecule is CCc1nnc(C)cc1C(N)CCc1cnn(C)c1. The molecular weight excluding hydrogens is 238 g/mol. The summed E-state index contributed by atoms with van der Waals surface area (Å²) in [4.78, 5) is 0. The minimum atomic E-state index is 0.00403. The van der Waals surface area contributed by atoms with Crippen molar-refractivity contribution in [2.75, 3.05) is 0 Å². The molecule has 0 aliphatic heterocycles. The van der Waals surface area contributed by atoms with Gasteiger partial charge in [-0.15, -0.1) is 0 Å². The van der Waals surface area contributed by atoms with Gasteiger partial charge >= 0.3 is 0 Å². The van der Waals surface area contributed by atoms with E-state index in [9.17, 15) is 0 Å². The number of hydrogen-bond donors (Lipinski definition) is 1. The first-order valence-corrected chi connectivity index (χ1v) is 6.66. The molecule has 0 radical (unpaired) electrons. The number of hydrogen-bond acceptors (Lipinski definition) is 4. The van der Waals surface area contributed by atoms with Crippen LogP contribution < -0.4 is 5.73 Å². The Balaban J connectivity index is 2.06. The van der Waals surface area contributed by atoms with Crippen LogP contribution in [0.15, 0.2) is 18.5 Å². The van der Waals surface area contributed by atoms with E-state index in [1.54, 1.807) is 0 Å². The average Bonchev–Trinajstić information content (AvgIpc) is 2.81. The number of nitrogens with zero attached hydrogens (tertiary/aromatic N) is 4. The van der Waals surface area contributed by atoms with E-state index >= 15 is 0 Å². The summed E-state index contributed by atoms with van der Waals surface area (Å²) < 4.78 is 1.82. The third kappa shape index (κ3) is 3.38. The Hall–Kier alpha value is -1.75. The van der Waals surface area contributed by atoms with Crippen LogP contribution in [-0.4, -0.2) is 20.0 Å². The summed E-state index contributed by atoms with van der Waals surface area (Å²) in [5, 5.41) is 12.5. The lowest BCUT2D eigenvalue weighted by Crippen LogP contribution is -2.15. The Morgan fingerprint density at radius 3 is 2.79 bits per heavy atom. The smallest absolute Gasteiger partial charge is 0.0676 e. The first-order chi connectivity index (χ1) is 9.10. The van der Waals surface area contributed by atoms with Crippen molar-refractivity contribution in [1.29, 1.82) is 0 Å². The van der Waals surface area contributed by atoms with Crippen LogP contribution in [0.2, 0.25) is 0 Å². The van der Waals surface area contributed by atoms with Gasteiger partial charge in [-0.3, -0.25) is 4.68 Å². The second kappa shape index (κ2) is 5.93. The van der Waals surface area contributed by atoms with Crippen LogP contribution in [-0.2, 0) is 19.9 Å². The monoisotopic (exact) mass is 259 g/mol. The molecule has 0 amide bonds. The van der Waals surface area contributed by atoms with Crippen molar-refractivity contribution < 1.29 is 0 Å². The fraction of sp³-hybridized carbons (Fsp3) is 0.500. The topological polar surface area (TPSA) is 69.6 Å². The van der Waals surface area contributed by atoms with Crippen LogP contribution in [0.1, 0.15) is 41.9 Å². The molecule has 2 aromatic rings. The van der Waals surface area contributed by atoms with Gasteiger partial charge in [0.1, 0.15) is 0 Å². The molecule has 0 bridgehead atoms. The third-order valence-electron chi connectivity index (χ3n) is 3.26. The van der Waals surface area contributed by atoms with Crippen LogP contribution in [0, 0.1) is 6.92 Å². The van der Waals surface area contributed by atoms with Crippen molar-refractivity contribution >= 4 is 0 Å². The van der Waals surface area contributed by atoms with E-state index in [-0.39, 0.29) is 6.04 Å². The molecule has 1 atom stereocenters. The van der Waals surface area contributed by atoms with E-state index in [4.69, 9.17) is 5.73 Å². The molecule has 2 heterocycles. The largest absolute Gasteiger partial charge is 0.324 e. The number of aryl methyl sites for hydroxylation is 4. The predicted octanol–water partition coefficient (Wildman–Crippen LogP) is 1.71. The lowest BCUT2D eigenvalue weighted by molar-refractivity contribution is 0.633. The fourth-order valence-corrected chi connectivity index (χ4v) is 2.21. The van der Waals surface area contributed by atoms with Gasteiger partial charge in [-0.2, -0.15) is 15.3 Å². The zero-order valence-electron chi connectivity index (χ0n) is 11.8. The minimum absolute atomic E-state index is 0.00403. The molecule has 0 aliphatic rings. The van der Waals surface area contributed by atoms with Gasteiger partial charge in [0.15, 0.2) is 0 Å². The molecule has 5 nitrogen and oxygen atoms in total. The van der Waals surface area contributed by atoms with E-state index in [2.05, 4.69) is 28.3 Å². The van der Waals surface area contributed by atoms with Crippen molar-refractivity contribution in [1.82, 2.24) is 20.0 Å². The maximum Gasteiger partial charge on any atom is 0.0676 e. The van der Waals surface area contributed by atoms with Gasteiger partial charge in [-0.05, 0) is 43.4 Å². The maximum atomic E-state index is 6.30. The third-order valence-corrected chi connectivity index (χ3v) is 3.26. The van der Waals surface area contributed by atoms with Gasteiger partial charge in [0, 0.05) is 19.3 Å². The van der Waals surface area contributed by atoms with E-state index in [1.807, 2.05) is 31.0 Å². The molecule has 0 saturated heterocycles. The summed E-state index contributed by atoms with van der Waals surface area (Å²) in [6.07, 6.45) is 6.61. The predicted molar refractivity (Wildman–Crippen MR) is 74.6 cm³/mol. The van der Waals surface area contributed by atoms with Gasteiger partial charge in [0.25, 0.3) is 0 Å². The number of nitrogens with two attached hydrogens (primary N) is 1. The van der Waals surface area contributed by atoms with Crippen molar-refractivity contribution in [2.24, 2.45) is 12.8 Å². The first-order valence-electron chi connectivity index (χ1n) is 6.66. The summed E-state index contributed by atoms with van der Waals surface area (Å²) in [5.74, 6) is 0. The molecule has 102 valence electrons. The molecule has 19 heavy (non-hydrogen) atoms. The Kier molecular flexibility index (Phi) is 4.27. The Morgan fingerprint density at radius 1 is 1.37 bits per heavy atom. The normalized spacial score (nSPS) is 12.6. The summed E-state index contributed by atoms with van der Waals surface area (Å²) in [6.45, 7) is 4.03. The highest BCUT2D eigenvalue weighted by molar-refractivity contribution is 5.24. The van der Waals surface area contributed by atoms with Gasteiger partial charge in [0.05, 0.1) is 17.6 Å². The molecular formula is C14H21N5. The quantitative estimate of drug-likeness (QED) is 0.887. The highest BCUT2D eigenvalue weighted by Crippen LogP contribution is 2.20. The Morgan fingerprint density at radius 2 is 2.16 bits per heavy atom. The van der Waals surface area contributed by atoms with E-state index in [1.165, 1.54) is 5.56 Å². The summed E-state index contributed by atoms with van der Waals surface area (Å²) in [7, 11) is 1.93. The second-order valence-corrected chi connectivity index (χ2v) is 4.91. The van der Waals surface area contributed by atoms with Crippen molar-refractivity contribution in [3.8, 4) is 0 Å². The molecule has 0 spiro atoms. The molecule has 0 saturated carbocycles. The Labute approximate surface area is 113 Å². The first kappa shape index (κ1) is 13.7. The summed E-state index contributed by atoms with van der Waals surface area (Å²) in [5.41, 5.74) is 10.6. The second-order valence-electron chi connectivity index (χ2n) is 4.91. The standard InChI is InChI=1S/C14H21N5/c1-4-14-12(7-10(2)17-18-14)13(15)6-5-11-8-16-19(3)9-11/h7-9,13H,4-6,15H2,1-3H3. The molecule has 1 unspecified atom stereocenters. The van der Waals surface area contributed by atoms with Gasteiger partial charge in [-0.1, -0.05) is 6.92 Å². The molecule has 0 aromatic carbocycles. The van der Waals surface area contributed by atoms with E-state index in [0.717, 1.165) is 36.2 Å². The molecule has 0 aliphatic carbocycles. The zero-order valence-corrected chi connectivity index (χ0v) is 11.8. The lowest BCUT2D eigenvalue weighted by Gasteiger charge is -2.14. The minimum Gasteiger partial charge on any atom is -0.324 e. The molecule has 0 fully saturated rings. The fourth-order valence-electron chi connectivity index (χ4n) is 2.21. The van der Waals surface area contributed by atoms with Crippen molar-refractivity contribution in [3.05, 3.63) is 41.0 Å². The molecule has 2 aromatic heterocycles. The lowest BCUT2D eigenvalue weighted by atomic mass is 9.98. The van der Waals surface area contributed by atoms with Crippen LogP contribution in [0.3, 0.4) is 0 Å². The van der Waals surface area contributed by atoms with Gasteiger partial charge in [0.2, 0.25) is 0 Å². The van der Waals surface area contributed by atoms with Crippen molar-refractivity contribution in [3.63, 3.8) is 0 Å². The van der Waals surface area contributed by atoms with Crippen LogP contribution in [0.4, 0.5) is 0 Å². The van der Waals surface area contributed by atoms with Gasteiger partial charge < -0.3 is 5.73 Å². The number of aromatic nitrogens is 4. The zero-order chi connectivity index (χ0) is 13.8.